The lowest BCUT2D eigenvalue weighted by molar-refractivity contribution is -0.347. The first kappa shape index (κ1) is 23.3. The smallest absolute Gasteiger partial charge is 0.190 e. The molecule has 0 saturated carbocycles. The van der Waals surface area contributed by atoms with Crippen LogP contribution in [0.4, 0.5) is 0 Å². The zero-order valence-electron chi connectivity index (χ0n) is 15.0. The molecule has 0 aliphatic carbocycles. The van der Waals surface area contributed by atoms with Crippen molar-refractivity contribution in [2.24, 2.45) is 0 Å². The van der Waals surface area contributed by atoms with Crippen molar-refractivity contribution in [1.29, 1.82) is 0 Å². The maximum Gasteiger partial charge on any atom is 0.190 e. The highest BCUT2D eigenvalue weighted by Gasteiger charge is 2.44. The molecule has 0 aromatic rings. The minimum atomic E-state index is -1.76. The van der Waals surface area contributed by atoms with Gasteiger partial charge in [0.05, 0.1) is 0 Å². The molecule has 1 aliphatic heterocycles. The van der Waals surface area contributed by atoms with E-state index < -0.39 is 43.1 Å². The van der Waals surface area contributed by atoms with Gasteiger partial charge in [-0.05, 0) is 37.7 Å². The Hall–Kier alpha value is -1.72. The summed E-state index contributed by atoms with van der Waals surface area (Å²) in [5.74, 6) is 10.1. The van der Waals surface area contributed by atoms with Crippen LogP contribution in [0.1, 0.15) is 19.8 Å². The van der Waals surface area contributed by atoms with Crippen LogP contribution < -0.4 is 0 Å². The summed E-state index contributed by atoms with van der Waals surface area (Å²) < 4.78 is 10.4. The summed E-state index contributed by atoms with van der Waals surface area (Å²) in [5.41, 5.74) is 0. The topological polar surface area (TPSA) is 140 Å². The van der Waals surface area contributed by atoms with Gasteiger partial charge in [-0.1, -0.05) is 30.1 Å². The highest BCUT2D eigenvalue weighted by Crippen LogP contribution is 2.22. The largest absolute Gasteiger partial charge is 0.396 e. The van der Waals surface area contributed by atoms with Crippen LogP contribution in [-0.4, -0.2) is 80.3 Å². The van der Waals surface area contributed by atoms with Crippen molar-refractivity contribution in [3.63, 3.8) is 0 Å². The van der Waals surface area contributed by atoms with Gasteiger partial charge in [-0.3, -0.25) is 0 Å². The highest BCUT2D eigenvalue weighted by molar-refractivity contribution is 5.32. The lowest BCUT2D eigenvalue weighted by Gasteiger charge is -2.39. The summed E-state index contributed by atoms with van der Waals surface area (Å²) in [6.45, 7) is 1.80. The Kier molecular flexibility index (Phi) is 10.9. The van der Waals surface area contributed by atoms with Gasteiger partial charge in [0.1, 0.15) is 30.5 Å². The second kappa shape index (κ2) is 12.6. The zero-order chi connectivity index (χ0) is 20.2. The summed E-state index contributed by atoms with van der Waals surface area (Å²) in [4.78, 5) is 0. The highest BCUT2D eigenvalue weighted by atomic mass is 16.7. The van der Waals surface area contributed by atoms with E-state index >= 15 is 0 Å². The normalized spacial score (nSPS) is 30.4. The Bertz CT molecular complexity index is 609. The third-order valence-electron chi connectivity index (χ3n) is 3.61. The molecule has 0 amide bonds. The van der Waals surface area contributed by atoms with Gasteiger partial charge in [-0.25, -0.2) is 0 Å². The third-order valence-corrected chi connectivity index (χ3v) is 3.61. The van der Waals surface area contributed by atoms with Gasteiger partial charge in [0.25, 0.3) is 0 Å². The Labute approximate surface area is 158 Å². The quantitative estimate of drug-likeness (QED) is 0.176. The minimum absolute atomic E-state index is 0.000514. The van der Waals surface area contributed by atoms with Gasteiger partial charge in [-0.15, -0.1) is 0 Å². The molecular formula is C19H26O8. The van der Waals surface area contributed by atoms with Crippen LogP contribution in [0.15, 0.2) is 24.3 Å². The first-order valence-electron chi connectivity index (χ1n) is 8.53. The lowest BCUT2D eigenvalue weighted by Crippen LogP contribution is -2.59. The van der Waals surface area contributed by atoms with Crippen LogP contribution in [0.2, 0.25) is 0 Å². The van der Waals surface area contributed by atoms with Crippen molar-refractivity contribution >= 4 is 0 Å². The predicted molar refractivity (Wildman–Crippen MR) is 95.6 cm³/mol. The summed E-state index contributed by atoms with van der Waals surface area (Å²) in [7, 11) is 0. The Morgan fingerprint density at radius 1 is 1.11 bits per heavy atom. The fourth-order valence-corrected chi connectivity index (χ4v) is 2.12. The maximum atomic E-state index is 10.2. The summed E-state index contributed by atoms with van der Waals surface area (Å²) in [5, 5.41) is 57.8. The average molecular weight is 382 g/mol. The fraction of sp³-hybridized carbons (Fsp3) is 0.579. The first-order valence-corrected chi connectivity index (χ1v) is 8.53. The second-order valence-electron chi connectivity index (χ2n) is 5.75. The molecule has 8 heteroatoms. The molecule has 27 heavy (non-hydrogen) atoms. The molecule has 0 bridgehead atoms. The Morgan fingerprint density at radius 2 is 1.85 bits per heavy atom. The first-order chi connectivity index (χ1) is 12.9. The standard InChI is InChI=1S/C19H26O8/c1-2-3-4-5-7-10-13(21)14(11-8-6-9-12-20)26-19-17(24)15(22)16(23)18(25)27-19/h2-3,8,11,13-25H,6,9,12H2,1H3/b3-2+,11-8+/t13-,14-,15+,16+,17-,18+,19-/m1/s1. The van der Waals surface area contributed by atoms with Crippen molar-refractivity contribution in [2.45, 2.75) is 62.9 Å². The van der Waals surface area contributed by atoms with Crippen molar-refractivity contribution in [2.75, 3.05) is 6.61 Å². The number of hydrogen-bond acceptors (Lipinski definition) is 8. The Morgan fingerprint density at radius 3 is 2.52 bits per heavy atom. The van der Waals surface area contributed by atoms with Crippen molar-refractivity contribution in [1.82, 2.24) is 0 Å². The average Bonchev–Trinajstić information content (AvgIpc) is 2.66. The maximum absolute atomic E-state index is 10.2. The van der Waals surface area contributed by atoms with Crippen molar-refractivity contribution < 1.29 is 40.1 Å². The lowest BCUT2D eigenvalue weighted by atomic mass is 10.0. The predicted octanol–water partition coefficient (Wildman–Crippen LogP) is -1.60. The number of aliphatic hydroxyl groups excluding tert-OH is 6. The fourth-order valence-electron chi connectivity index (χ4n) is 2.12. The van der Waals surface area contributed by atoms with Crippen molar-refractivity contribution in [3.05, 3.63) is 24.3 Å². The van der Waals surface area contributed by atoms with E-state index in [1.54, 1.807) is 25.2 Å². The molecule has 8 nitrogen and oxygen atoms in total. The molecule has 7 atom stereocenters. The summed E-state index contributed by atoms with van der Waals surface area (Å²) in [6.07, 6.45) is -3.26. The molecule has 1 saturated heterocycles. The van der Waals surface area contributed by atoms with Crippen LogP contribution in [-0.2, 0) is 9.47 Å². The van der Waals surface area contributed by atoms with E-state index in [0.717, 1.165) is 0 Å². The van der Waals surface area contributed by atoms with Gasteiger partial charge in [0, 0.05) is 6.61 Å². The molecule has 6 N–H and O–H groups in total. The summed E-state index contributed by atoms with van der Waals surface area (Å²) >= 11 is 0. The van der Waals surface area contributed by atoms with E-state index in [1.807, 2.05) is 0 Å². The molecule has 0 spiro atoms. The van der Waals surface area contributed by atoms with E-state index in [0.29, 0.717) is 12.8 Å². The van der Waals surface area contributed by atoms with Gasteiger partial charge in [-0.2, -0.15) is 0 Å². The van der Waals surface area contributed by atoms with Gasteiger partial charge < -0.3 is 40.1 Å². The van der Waals surface area contributed by atoms with Crippen LogP contribution in [0.25, 0.3) is 0 Å². The van der Waals surface area contributed by atoms with Crippen LogP contribution in [0.5, 0.6) is 0 Å². The zero-order valence-corrected chi connectivity index (χ0v) is 15.0. The van der Waals surface area contributed by atoms with E-state index in [9.17, 15) is 25.5 Å². The third kappa shape index (κ3) is 7.81. The molecular weight excluding hydrogens is 356 g/mol. The molecule has 0 radical (unpaired) electrons. The number of ether oxygens (including phenoxy) is 2. The molecule has 1 fully saturated rings. The van der Waals surface area contributed by atoms with Crippen molar-refractivity contribution in [3.8, 4) is 23.7 Å². The van der Waals surface area contributed by atoms with Crippen LogP contribution in [0.3, 0.4) is 0 Å². The number of allylic oxidation sites excluding steroid dienone is 3. The molecule has 0 unspecified atom stereocenters. The molecule has 0 aromatic carbocycles. The van der Waals surface area contributed by atoms with E-state index in [1.165, 1.54) is 6.08 Å². The van der Waals surface area contributed by atoms with Gasteiger partial charge >= 0.3 is 0 Å². The van der Waals surface area contributed by atoms with E-state index in [4.69, 9.17) is 14.6 Å². The van der Waals surface area contributed by atoms with Gasteiger partial charge in [0.15, 0.2) is 12.6 Å². The van der Waals surface area contributed by atoms with Crippen LogP contribution >= 0.6 is 0 Å². The number of unbranched alkanes of at least 4 members (excludes halogenated alkanes) is 1. The van der Waals surface area contributed by atoms with Gasteiger partial charge in [0.2, 0.25) is 0 Å². The Balaban J connectivity index is 2.87. The second-order valence-corrected chi connectivity index (χ2v) is 5.75. The molecule has 150 valence electrons. The molecule has 1 aliphatic rings. The molecule has 1 rings (SSSR count). The van der Waals surface area contributed by atoms with E-state index in [-0.39, 0.29) is 6.61 Å². The van der Waals surface area contributed by atoms with E-state index in [2.05, 4.69) is 23.7 Å². The van der Waals surface area contributed by atoms with Crippen LogP contribution in [0, 0.1) is 23.7 Å². The molecule has 1 heterocycles. The monoisotopic (exact) mass is 382 g/mol. The number of rotatable bonds is 7. The SMILES string of the molecule is C/C=C/C#CC#C[C@@H](O)[C@@H](/C=C/CCCO)O[C@@H]1O[C@H](O)[C@@H](O)[C@H](O)[C@H]1O. The number of aliphatic hydroxyl groups is 6. The molecule has 0 aromatic heterocycles. The minimum Gasteiger partial charge on any atom is -0.396 e. The summed E-state index contributed by atoms with van der Waals surface area (Å²) in [6, 6.07) is 0. The number of hydrogen-bond donors (Lipinski definition) is 6.